The van der Waals surface area contributed by atoms with Gasteiger partial charge in [-0.25, -0.2) is 0 Å². The third-order valence-corrected chi connectivity index (χ3v) is 4.82. The molecule has 0 atom stereocenters. The van der Waals surface area contributed by atoms with Gasteiger partial charge in [0.2, 0.25) is 12.2 Å². The van der Waals surface area contributed by atoms with Crippen LogP contribution in [-0.4, -0.2) is 27.8 Å². The third-order valence-electron chi connectivity index (χ3n) is 3.87. The second kappa shape index (κ2) is 7.45. The van der Waals surface area contributed by atoms with E-state index in [1.54, 1.807) is 6.33 Å². The molecule has 116 valence electrons. The van der Waals surface area contributed by atoms with Crippen molar-refractivity contribution < 1.29 is 9.48 Å². The molecule has 1 aromatic carbocycles. The first-order chi connectivity index (χ1) is 10.8. The van der Waals surface area contributed by atoms with Crippen LogP contribution in [0, 0.1) is 0 Å². The largest absolute Gasteiger partial charge is 0.385 e. The van der Waals surface area contributed by atoms with E-state index in [4.69, 9.17) is 0 Å². The highest BCUT2D eigenvalue weighted by Crippen LogP contribution is 2.18. The number of nitrogens with zero attached hydrogens (tertiary/aromatic N) is 2. The summed E-state index contributed by atoms with van der Waals surface area (Å²) in [6.07, 6.45) is 7.63. The molecule has 2 aromatic rings. The van der Waals surface area contributed by atoms with Crippen molar-refractivity contribution in [2.75, 3.05) is 5.75 Å². The predicted octanol–water partition coefficient (Wildman–Crippen LogP) is 2.23. The molecular weight excluding hydrogens is 296 g/mol. The van der Waals surface area contributed by atoms with Gasteiger partial charge in [0.1, 0.15) is 0 Å². The number of para-hydroxylation sites is 1. The molecule has 0 aliphatic heterocycles. The minimum atomic E-state index is 0.0968. The first kappa shape index (κ1) is 15.1. The van der Waals surface area contributed by atoms with Crippen LogP contribution >= 0.6 is 11.8 Å². The fourth-order valence-electron chi connectivity index (χ4n) is 2.76. The molecule has 2 N–H and O–H groups in total. The molecule has 0 saturated heterocycles. The Hall–Kier alpha value is -1.82. The van der Waals surface area contributed by atoms with E-state index in [2.05, 4.69) is 15.4 Å². The molecule has 0 spiro atoms. The minimum Gasteiger partial charge on any atom is -0.353 e. The monoisotopic (exact) mass is 317 g/mol. The van der Waals surface area contributed by atoms with Crippen molar-refractivity contribution in [3.8, 4) is 5.69 Å². The van der Waals surface area contributed by atoms with Crippen LogP contribution in [-0.2, 0) is 4.79 Å². The Bertz CT molecular complexity index is 608. The Morgan fingerprint density at radius 2 is 2.05 bits per heavy atom. The zero-order valence-corrected chi connectivity index (χ0v) is 13.3. The summed E-state index contributed by atoms with van der Waals surface area (Å²) in [5.74, 6) is 0.494. The average molecular weight is 317 g/mol. The van der Waals surface area contributed by atoms with Gasteiger partial charge in [0.25, 0.3) is 0 Å². The fourth-order valence-corrected chi connectivity index (χ4v) is 3.52. The standard InChI is InChI=1S/C16H20N4OS/c21-15(19-13-7-3-1-4-8-13)11-22-16-17-12-18-20(16)14-9-5-2-6-10-14/h2,5-6,9-10,12-13H,1,3-4,7-8,11H2,(H,19,21)/p+1. The summed E-state index contributed by atoms with van der Waals surface area (Å²) in [6, 6.07) is 10.3. The summed E-state index contributed by atoms with van der Waals surface area (Å²) in [4.78, 5) is 16.4. The summed E-state index contributed by atoms with van der Waals surface area (Å²) >= 11 is 1.45. The number of nitrogens with one attached hydrogen (secondary N) is 2. The lowest BCUT2D eigenvalue weighted by atomic mass is 9.95. The van der Waals surface area contributed by atoms with E-state index in [9.17, 15) is 4.79 Å². The molecule has 1 heterocycles. The van der Waals surface area contributed by atoms with Crippen molar-refractivity contribution in [1.29, 1.82) is 0 Å². The summed E-state index contributed by atoms with van der Waals surface area (Å²) in [5.41, 5.74) is 1.01. The van der Waals surface area contributed by atoms with Gasteiger partial charge in [-0.15, -0.1) is 4.68 Å². The quantitative estimate of drug-likeness (QED) is 0.657. The van der Waals surface area contributed by atoms with Crippen LogP contribution in [0.4, 0.5) is 0 Å². The van der Waals surface area contributed by atoms with Crippen molar-refractivity contribution in [2.24, 2.45) is 0 Å². The number of amides is 1. The lowest BCUT2D eigenvalue weighted by Crippen LogP contribution is -2.38. The maximum atomic E-state index is 12.1. The Kier molecular flexibility index (Phi) is 5.11. The highest BCUT2D eigenvalue weighted by atomic mass is 32.2. The van der Waals surface area contributed by atoms with Crippen LogP contribution in [0.15, 0.2) is 41.8 Å². The third kappa shape index (κ3) is 3.88. The number of hydrogen-bond acceptors (Lipinski definition) is 3. The topological polar surface area (TPSA) is 61.7 Å². The molecule has 1 aliphatic carbocycles. The number of aromatic amines is 1. The van der Waals surface area contributed by atoms with Crippen LogP contribution in [0.1, 0.15) is 32.1 Å². The summed E-state index contributed by atoms with van der Waals surface area (Å²) in [5, 5.41) is 7.01. The molecule has 5 nitrogen and oxygen atoms in total. The van der Waals surface area contributed by atoms with Gasteiger partial charge in [0.05, 0.1) is 5.75 Å². The smallest absolute Gasteiger partial charge is 0.353 e. The second-order valence-corrected chi connectivity index (χ2v) is 6.47. The number of hydrogen-bond donors (Lipinski definition) is 2. The van der Waals surface area contributed by atoms with Gasteiger partial charge in [-0.2, -0.15) is 5.10 Å². The number of benzene rings is 1. The van der Waals surface area contributed by atoms with E-state index in [1.807, 2.05) is 35.0 Å². The normalized spacial score (nSPS) is 15.6. The van der Waals surface area contributed by atoms with Gasteiger partial charge >= 0.3 is 5.16 Å². The molecular formula is C16H21N4OS+. The van der Waals surface area contributed by atoms with Crippen LogP contribution in [0.25, 0.3) is 5.69 Å². The molecule has 1 aromatic heterocycles. The SMILES string of the molecule is O=C(CSc1nc[nH][n+]1-c1ccccc1)NC1CCCCC1. The number of thioether (sulfide) groups is 1. The maximum Gasteiger partial charge on any atom is 0.385 e. The van der Waals surface area contributed by atoms with E-state index in [0.29, 0.717) is 11.8 Å². The predicted molar refractivity (Wildman–Crippen MR) is 85.9 cm³/mol. The Morgan fingerprint density at radius 1 is 1.27 bits per heavy atom. The van der Waals surface area contributed by atoms with E-state index in [-0.39, 0.29) is 5.91 Å². The Morgan fingerprint density at radius 3 is 2.82 bits per heavy atom. The lowest BCUT2D eigenvalue weighted by molar-refractivity contribution is -0.694. The molecule has 1 saturated carbocycles. The van der Waals surface area contributed by atoms with E-state index >= 15 is 0 Å². The van der Waals surface area contributed by atoms with E-state index in [1.165, 1.54) is 31.0 Å². The first-order valence-corrected chi connectivity index (χ1v) is 8.74. The van der Waals surface area contributed by atoms with Gasteiger partial charge in [-0.1, -0.05) is 37.5 Å². The molecule has 1 amide bonds. The zero-order valence-electron chi connectivity index (χ0n) is 12.5. The Labute approximate surface area is 134 Å². The number of carbonyl (C=O) groups excluding carboxylic acids is 1. The molecule has 3 rings (SSSR count). The van der Waals surface area contributed by atoms with Crippen molar-refractivity contribution in [2.45, 2.75) is 43.3 Å². The van der Waals surface area contributed by atoms with Gasteiger partial charge in [0.15, 0.2) is 5.69 Å². The number of carbonyl (C=O) groups is 1. The van der Waals surface area contributed by atoms with E-state index in [0.717, 1.165) is 23.7 Å². The fraction of sp³-hybridized carbons (Fsp3) is 0.438. The van der Waals surface area contributed by atoms with Gasteiger partial charge in [0, 0.05) is 6.04 Å². The molecule has 0 radical (unpaired) electrons. The van der Waals surface area contributed by atoms with Crippen LogP contribution < -0.4 is 10.00 Å². The molecule has 1 fully saturated rings. The number of aromatic nitrogens is 3. The van der Waals surface area contributed by atoms with E-state index < -0.39 is 0 Å². The van der Waals surface area contributed by atoms with Crippen molar-refractivity contribution in [3.05, 3.63) is 36.7 Å². The lowest BCUT2D eigenvalue weighted by Gasteiger charge is -2.22. The summed E-state index contributed by atoms with van der Waals surface area (Å²) < 4.78 is 1.89. The zero-order chi connectivity index (χ0) is 15.2. The molecule has 0 bridgehead atoms. The van der Waals surface area contributed by atoms with Crippen molar-refractivity contribution in [3.63, 3.8) is 0 Å². The molecule has 6 heteroatoms. The van der Waals surface area contributed by atoms with Crippen molar-refractivity contribution in [1.82, 2.24) is 15.4 Å². The number of H-pyrrole nitrogens is 1. The second-order valence-electron chi connectivity index (χ2n) is 5.53. The summed E-state index contributed by atoms with van der Waals surface area (Å²) in [7, 11) is 0. The molecule has 22 heavy (non-hydrogen) atoms. The highest BCUT2D eigenvalue weighted by molar-refractivity contribution is 7.99. The number of rotatable bonds is 5. The average Bonchev–Trinajstić information content (AvgIpc) is 3.03. The maximum absolute atomic E-state index is 12.1. The highest BCUT2D eigenvalue weighted by Gasteiger charge is 2.20. The summed E-state index contributed by atoms with van der Waals surface area (Å²) in [6.45, 7) is 0. The molecule has 1 aliphatic rings. The first-order valence-electron chi connectivity index (χ1n) is 7.76. The van der Waals surface area contributed by atoms with Gasteiger partial charge in [-0.3, -0.25) is 4.79 Å². The van der Waals surface area contributed by atoms with Crippen LogP contribution in [0.3, 0.4) is 0 Å². The van der Waals surface area contributed by atoms with Gasteiger partial charge in [-0.05, 0) is 41.7 Å². The van der Waals surface area contributed by atoms with Crippen LogP contribution in [0.2, 0.25) is 0 Å². The van der Waals surface area contributed by atoms with Gasteiger partial charge < -0.3 is 5.32 Å². The minimum absolute atomic E-state index is 0.0968. The van der Waals surface area contributed by atoms with Crippen molar-refractivity contribution >= 4 is 17.7 Å². The molecule has 0 unspecified atom stereocenters. The van der Waals surface area contributed by atoms with Crippen LogP contribution in [0.5, 0.6) is 0 Å². The Balaban J connectivity index is 1.55.